The molecule has 1 aromatic carbocycles. The van der Waals surface area contributed by atoms with Gasteiger partial charge in [0.2, 0.25) is 5.95 Å². The largest absolute Gasteiger partial charge is 0.444 e. The number of aryl methyl sites for hydroxylation is 2. The Morgan fingerprint density at radius 2 is 2.08 bits per heavy atom. The molecule has 1 atom stereocenters. The lowest BCUT2D eigenvalue weighted by molar-refractivity contribution is 0.0206. The molecule has 0 spiro atoms. The van der Waals surface area contributed by atoms with Crippen LogP contribution in [0.15, 0.2) is 41.4 Å². The normalized spacial score (nSPS) is 16.4. The van der Waals surface area contributed by atoms with E-state index in [1.807, 2.05) is 47.0 Å². The number of fused-ring (bicyclic) bond motifs is 1. The lowest BCUT2D eigenvalue weighted by Gasteiger charge is -2.34. The number of aromatic amines is 1. The van der Waals surface area contributed by atoms with E-state index in [1.54, 1.807) is 11.2 Å². The molecule has 1 aliphatic rings. The van der Waals surface area contributed by atoms with Gasteiger partial charge in [0.1, 0.15) is 11.9 Å². The lowest BCUT2D eigenvalue weighted by Crippen LogP contribution is -2.47. The van der Waals surface area contributed by atoms with Gasteiger partial charge in [-0.25, -0.2) is 14.8 Å². The number of aromatic nitrogens is 4. The Labute approximate surface area is 210 Å². The van der Waals surface area contributed by atoms with E-state index in [0.717, 1.165) is 57.4 Å². The number of ether oxygens (including phenoxy) is 1. The van der Waals surface area contributed by atoms with Gasteiger partial charge >= 0.3 is 6.09 Å². The molecule has 0 bridgehead atoms. The first-order valence-electron chi connectivity index (χ1n) is 12.3. The van der Waals surface area contributed by atoms with Crippen LogP contribution in [0.4, 0.5) is 10.7 Å². The fraction of sp³-hybridized carbons (Fsp3) is 0.407. The molecular weight excluding hydrogens is 456 g/mol. The van der Waals surface area contributed by atoms with Crippen molar-refractivity contribution in [2.75, 3.05) is 18.4 Å². The van der Waals surface area contributed by atoms with E-state index in [-0.39, 0.29) is 12.1 Å². The molecule has 1 amide bonds. The van der Waals surface area contributed by atoms with Gasteiger partial charge in [0.15, 0.2) is 0 Å². The second kappa shape index (κ2) is 9.29. The van der Waals surface area contributed by atoms with Crippen LogP contribution in [0.1, 0.15) is 44.9 Å². The number of hydrogen-bond acceptors (Lipinski definition) is 7. The summed E-state index contributed by atoms with van der Waals surface area (Å²) in [6, 6.07) is 6.32. The quantitative estimate of drug-likeness (QED) is 0.379. The first-order valence-corrected chi connectivity index (χ1v) is 12.3. The summed E-state index contributed by atoms with van der Waals surface area (Å²) in [4.78, 5) is 27.1. The van der Waals surface area contributed by atoms with Gasteiger partial charge in [0.05, 0.1) is 11.4 Å². The number of hydrogen-bond donors (Lipinski definition) is 2. The van der Waals surface area contributed by atoms with Crippen LogP contribution in [-0.2, 0) is 4.74 Å². The summed E-state index contributed by atoms with van der Waals surface area (Å²) in [5, 5.41) is 8.51. The molecule has 0 saturated carbocycles. The number of H-pyrrole nitrogens is 1. The number of anilines is 1. The molecule has 3 aromatic heterocycles. The second-order valence-electron chi connectivity index (χ2n) is 10.4. The predicted molar refractivity (Wildman–Crippen MR) is 139 cm³/mol. The van der Waals surface area contributed by atoms with Crippen LogP contribution in [0.2, 0.25) is 0 Å². The summed E-state index contributed by atoms with van der Waals surface area (Å²) in [5.74, 6) is 0.553. The highest BCUT2D eigenvalue weighted by molar-refractivity contribution is 5.97. The fourth-order valence-electron chi connectivity index (χ4n) is 4.61. The number of piperidine rings is 1. The first-order chi connectivity index (χ1) is 17.2. The molecule has 0 radical (unpaired) electrons. The third-order valence-electron chi connectivity index (χ3n) is 6.38. The van der Waals surface area contributed by atoms with E-state index in [2.05, 4.69) is 38.6 Å². The SMILES string of the molecule is Cc1cnc(N[C@H]2CCCN(C(=O)OC(C)(C)C)C2)nc1-c1c[nH]c2cc(-c3conc3C)ccc12. The van der Waals surface area contributed by atoms with E-state index in [1.165, 1.54) is 0 Å². The number of benzene rings is 1. The standard InChI is InChI=1S/C27H32N6O3/c1-16-12-29-25(30-19-7-6-10-33(14-19)26(34)36-27(3,4)5)31-24(16)21-13-28-23-11-18(8-9-20(21)23)22-15-35-32-17(22)2/h8-9,11-13,15,19,28H,6-7,10,14H2,1-5H3,(H,29,30,31)/t19-/m0/s1. The van der Waals surface area contributed by atoms with Crippen LogP contribution >= 0.6 is 0 Å². The lowest BCUT2D eigenvalue weighted by atomic mass is 10.0. The minimum absolute atomic E-state index is 0.0548. The summed E-state index contributed by atoms with van der Waals surface area (Å²) >= 11 is 0. The third kappa shape index (κ3) is 4.91. The van der Waals surface area contributed by atoms with Gasteiger partial charge < -0.3 is 24.5 Å². The molecule has 0 unspecified atom stereocenters. The topological polar surface area (TPSA) is 109 Å². The molecule has 4 heterocycles. The number of nitrogens with one attached hydrogen (secondary N) is 2. The van der Waals surface area contributed by atoms with E-state index in [0.29, 0.717) is 19.0 Å². The summed E-state index contributed by atoms with van der Waals surface area (Å²) in [5.41, 5.74) is 6.24. The highest BCUT2D eigenvalue weighted by Crippen LogP contribution is 2.33. The molecule has 5 rings (SSSR count). The highest BCUT2D eigenvalue weighted by Gasteiger charge is 2.28. The Kier molecular flexibility index (Phi) is 6.15. The van der Waals surface area contributed by atoms with Gasteiger partial charge in [-0.3, -0.25) is 0 Å². The van der Waals surface area contributed by atoms with Gasteiger partial charge in [-0.2, -0.15) is 0 Å². The second-order valence-corrected chi connectivity index (χ2v) is 10.4. The summed E-state index contributed by atoms with van der Waals surface area (Å²) < 4.78 is 10.7. The summed E-state index contributed by atoms with van der Waals surface area (Å²) in [7, 11) is 0. The molecule has 1 fully saturated rings. The van der Waals surface area contributed by atoms with Gasteiger partial charge in [0, 0.05) is 53.6 Å². The van der Waals surface area contributed by atoms with Gasteiger partial charge in [-0.05, 0) is 64.7 Å². The molecule has 9 nitrogen and oxygen atoms in total. The van der Waals surface area contributed by atoms with Crippen molar-refractivity contribution in [3.63, 3.8) is 0 Å². The minimum Gasteiger partial charge on any atom is -0.444 e. The van der Waals surface area contributed by atoms with Crippen LogP contribution in [0.5, 0.6) is 0 Å². The predicted octanol–water partition coefficient (Wildman–Crippen LogP) is 5.71. The van der Waals surface area contributed by atoms with E-state index in [4.69, 9.17) is 14.2 Å². The maximum Gasteiger partial charge on any atom is 0.410 e. The van der Waals surface area contributed by atoms with Gasteiger partial charge in [0.25, 0.3) is 0 Å². The van der Waals surface area contributed by atoms with Crippen LogP contribution in [0.3, 0.4) is 0 Å². The zero-order valence-electron chi connectivity index (χ0n) is 21.4. The monoisotopic (exact) mass is 488 g/mol. The maximum atomic E-state index is 12.5. The number of carbonyl (C=O) groups is 1. The molecule has 1 saturated heterocycles. The van der Waals surface area contributed by atoms with Crippen molar-refractivity contribution in [3.05, 3.63) is 48.1 Å². The Bertz CT molecular complexity index is 1400. The van der Waals surface area contributed by atoms with Crippen LogP contribution in [0.25, 0.3) is 33.3 Å². The van der Waals surface area contributed by atoms with Crippen molar-refractivity contribution in [2.24, 2.45) is 0 Å². The average Bonchev–Trinajstić information content (AvgIpc) is 3.45. The number of nitrogens with zero attached hydrogens (tertiary/aromatic N) is 4. The van der Waals surface area contributed by atoms with Crippen molar-refractivity contribution in [2.45, 2.75) is 59.1 Å². The van der Waals surface area contributed by atoms with Crippen LogP contribution in [-0.4, -0.2) is 55.8 Å². The highest BCUT2D eigenvalue weighted by atomic mass is 16.6. The Morgan fingerprint density at radius 3 is 2.83 bits per heavy atom. The van der Waals surface area contributed by atoms with Crippen molar-refractivity contribution in [1.82, 2.24) is 25.0 Å². The Morgan fingerprint density at radius 1 is 1.25 bits per heavy atom. The summed E-state index contributed by atoms with van der Waals surface area (Å²) in [6.07, 6.45) is 7.04. The molecule has 188 valence electrons. The van der Waals surface area contributed by atoms with Crippen molar-refractivity contribution in [3.8, 4) is 22.4 Å². The van der Waals surface area contributed by atoms with E-state index in [9.17, 15) is 4.79 Å². The zero-order chi connectivity index (χ0) is 25.4. The van der Waals surface area contributed by atoms with Crippen molar-refractivity contribution >= 4 is 22.9 Å². The van der Waals surface area contributed by atoms with E-state index >= 15 is 0 Å². The summed E-state index contributed by atoms with van der Waals surface area (Å²) in [6.45, 7) is 10.8. The first kappa shape index (κ1) is 23.8. The zero-order valence-corrected chi connectivity index (χ0v) is 21.4. The molecule has 9 heteroatoms. The molecule has 0 aliphatic carbocycles. The van der Waals surface area contributed by atoms with Crippen molar-refractivity contribution < 1.29 is 14.1 Å². The smallest absolute Gasteiger partial charge is 0.410 e. The van der Waals surface area contributed by atoms with Crippen LogP contribution in [0, 0.1) is 13.8 Å². The number of amides is 1. The van der Waals surface area contributed by atoms with E-state index < -0.39 is 5.60 Å². The molecule has 1 aliphatic heterocycles. The van der Waals surface area contributed by atoms with Crippen LogP contribution < -0.4 is 5.32 Å². The fourth-order valence-corrected chi connectivity index (χ4v) is 4.61. The molecular formula is C27H32N6O3. The number of likely N-dealkylation sites (tertiary alicyclic amines) is 1. The van der Waals surface area contributed by atoms with Crippen molar-refractivity contribution in [1.29, 1.82) is 0 Å². The molecule has 2 N–H and O–H groups in total. The molecule has 4 aromatic rings. The number of carbonyl (C=O) groups excluding carboxylic acids is 1. The Hall–Kier alpha value is -3.88. The average molecular weight is 489 g/mol. The minimum atomic E-state index is -0.513. The third-order valence-corrected chi connectivity index (χ3v) is 6.38. The van der Waals surface area contributed by atoms with Gasteiger partial charge in [-0.1, -0.05) is 17.3 Å². The maximum absolute atomic E-state index is 12.5. The van der Waals surface area contributed by atoms with Gasteiger partial charge in [-0.15, -0.1) is 0 Å². The number of rotatable bonds is 4. The molecule has 36 heavy (non-hydrogen) atoms. The Balaban J connectivity index is 1.36.